The number of thioether (sulfide) groups is 1. The number of carbonyl (C=O) groups excluding carboxylic acids is 1. The van der Waals surface area contributed by atoms with Gasteiger partial charge in [-0.05, 0) is 53.2 Å². The molecule has 2 aliphatic heterocycles. The molecule has 3 aromatic carbocycles. The highest BCUT2D eigenvalue weighted by Crippen LogP contribution is 2.32. The van der Waals surface area contributed by atoms with E-state index < -0.39 is 0 Å². The first-order valence-electron chi connectivity index (χ1n) is 11.1. The zero-order chi connectivity index (χ0) is 22.5. The average Bonchev–Trinajstić information content (AvgIpc) is 3.21. The number of aliphatic imine (C=N–C) groups is 1. The summed E-state index contributed by atoms with van der Waals surface area (Å²) in [4.78, 5) is 22.2. The van der Waals surface area contributed by atoms with Gasteiger partial charge in [-0.1, -0.05) is 60.7 Å². The molecule has 6 heteroatoms. The second kappa shape index (κ2) is 10.1. The van der Waals surface area contributed by atoms with Gasteiger partial charge in [0.1, 0.15) is 11.5 Å². The Hall–Kier alpha value is -3.35. The Bertz CT molecular complexity index is 1170. The summed E-state index contributed by atoms with van der Waals surface area (Å²) in [6, 6.07) is 28.0. The van der Waals surface area contributed by atoms with Gasteiger partial charge >= 0.3 is 0 Å². The van der Waals surface area contributed by atoms with Crippen LogP contribution in [0.15, 0.2) is 94.8 Å². The number of amidine groups is 1. The fraction of sp³-hybridized carbons (Fsp3) is 0.185. The van der Waals surface area contributed by atoms with Gasteiger partial charge < -0.3 is 9.64 Å². The molecule has 3 aromatic rings. The Balaban J connectivity index is 1.19. The van der Waals surface area contributed by atoms with Crippen LogP contribution in [0.25, 0.3) is 6.08 Å². The van der Waals surface area contributed by atoms with E-state index in [2.05, 4.69) is 39.1 Å². The zero-order valence-corrected chi connectivity index (χ0v) is 19.1. The molecule has 0 aromatic heterocycles. The second-order valence-electron chi connectivity index (χ2n) is 8.05. The molecule has 1 fully saturated rings. The fourth-order valence-electron chi connectivity index (χ4n) is 3.92. The molecule has 0 unspecified atom stereocenters. The molecule has 1 amide bonds. The molecule has 0 aliphatic carbocycles. The Morgan fingerprint density at radius 1 is 0.848 bits per heavy atom. The van der Waals surface area contributed by atoms with Crippen LogP contribution in [0.4, 0.5) is 0 Å². The molecule has 0 radical (unpaired) electrons. The van der Waals surface area contributed by atoms with E-state index in [0.717, 1.165) is 55.0 Å². The van der Waals surface area contributed by atoms with Crippen molar-refractivity contribution in [3.05, 3.63) is 101 Å². The molecule has 33 heavy (non-hydrogen) atoms. The SMILES string of the molecule is O=C1N=C(N2CCN(Cc3ccccc3)CC2)SC1=Cc1cccc(Oc2ccccc2)c1. The van der Waals surface area contributed by atoms with Crippen LogP contribution in [-0.4, -0.2) is 47.1 Å². The number of carbonyl (C=O) groups is 1. The predicted octanol–water partition coefficient (Wildman–Crippen LogP) is 5.27. The number of ether oxygens (including phenoxy) is 1. The largest absolute Gasteiger partial charge is 0.457 e. The highest BCUT2D eigenvalue weighted by molar-refractivity contribution is 8.18. The summed E-state index contributed by atoms with van der Waals surface area (Å²) in [7, 11) is 0. The first-order valence-corrected chi connectivity index (χ1v) is 11.9. The summed E-state index contributed by atoms with van der Waals surface area (Å²) in [6.07, 6.45) is 1.90. The topological polar surface area (TPSA) is 45.1 Å². The monoisotopic (exact) mass is 455 g/mol. The van der Waals surface area contributed by atoms with Gasteiger partial charge in [0.25, 0.3) is 5.91 Å². The minimum atomic E-state index is -0.170. The van der Waals surface area contributed by atoms with E-state index in [0.29, 0.717) is 4.91 Å². The Kier molecular flexibility index (Phi) is 6.56. The van der Waals surface area contributed by atoms with Crippen molar-refractivity contribution in [3.8, 4) is 11.5 Å². The minimum absolute atomic E-state index is 0.170. The van der Waals surface area contributed by atoms with Crippen molar-refractivity contribution in [1.29, 1.82) is 0 Å². The number of nitrogens with zero attached hydrogens (tertiary/aromatic N) is 3. The molecular weight excluding hydrogens is 430 g/mol. The lowest BCUT2D eigenvalue weighted by Crippen LogP contribution is -2.47. The van der Waals surface area contributed by atoms with Crippen molar-refractivity contribution in [1.82, 2.24) is 9.80 Å². The smallest absolute Gasteiger partial charge is 0.286 e. The zero-order valence-electron chi connectivity index (χ0n) is 18.3. The Morgan fingerprint density at radius 2 is 1.55 bits per heavy atom. The third kappa shape index (κ3) is 5.53. The molecule has 5 nitrogen and oxygen atoms in total. The molecule has 0 bridgehead atoms. The van der Waals surface area contributed by atoms with Gasteiger partial charge in [-0.2, -0.15) is 4.99 Å². The van der Waals surface area contributed by atoms with Crippen LogP contribution in [0.3, 0.4) is 0 Å². The van der Waals surface area contributed by atoms with Crippen LogP contribution in [0.5, 0.6) is 11.5 Å². The summed E-state index contributed by atoms with van der Waals surface area (Å²) in [5.74, 6) is 1.35. The number of hydrogen-bond donors (Lipinski definition) is 0. The van der Waals surface area contributed by atoms with Crippen molar-refractivity contribution in [2.24, 2.45) is 4.99 Å². The number of amides is 1. The van der Waals surface area contributed by atoms with Crippen molar-refractivity contribution in [2.45, 2.75) is 6.54 Å². The van der Waals surface area contributed by atoms with Crippen LogP contribution in [0.2, 0.25) is 0 Å². The molecular formula is C27H25N3O2S. The standard InChI is InChI=1S/C27H25N3O2S/c31-26-25(19-22-10-7-13-24(18-22)32-23-11-5-2-6-12-23)33-27(28-26)30-16-14-29(15-17-30)20-21-8-3-1-4-9-21/h1-13,18-19H,14-17,20H2. The maximum absolute atomic E-state index is 12.6. The van der Waals surface area contributed by atoms with Crippen molar-refractivity contribution < 1.29 is 9.53 Å². The summed E-state index contributed by atoms with van der Waals surface area (Å²) < 4.78 is 5.92. The minimum Gasteiger partial charge on any atom is -0.457 e. The molecule has 0 saturated carbocycles. The van der Waals surface area contributed by atoms with E-state index in [1.165, 1.54) is 17.3 Å². The third-order valence-electron chi connectivity index (χ3n) is 5.64. The predicted molar refractivity (Wildman–Crippen MR) is 134 cm³/mol. The van der Waals surface area contributed by atoms with E-state index in [4.69, 9.17) is 4.74 Å². The maximum Gasteiger partial charge on any atom is 0.286 e. The number of benzene rings is 3. The quantitative estimate of drug-likeness (QED) is 0.491. The van der Waals surface area contributed by atoms with E-state index >= 15 is 0 Å². The molecule has 5 rings (SSSR count). The molecule has 0 atom stereocenters. The van der Waals surface area contributed by atoms with Crippen LogP contribution < -0.4 is 4.74 Å². The average molecular weight is 456 g/mol. The summed E-state index contributed by atoms with van der Waals surface area (Å²) >= 11 is 1.46. The molecule has 0 spiro atoms. The van der Waals surface area contributed by atoms with Crippen LogP contribution >= 0.6 is 11.8 Å². The van der Waals surface area contributed by atoms with Gasteiger partial charge in [0, 0.05) is 32.7 Å². The van der Waals surface area contributed by atoms with E-state index in [1.54, 1.807) is 0 Å². The molecule has 0 N–H and O–H groups in total. The highest BCUT2D eigenvalue weighted by Gasteiger charge is 2.28. The van der Waals surface area contributed by atoms with Gasteiger partial charge in [-0.3, -0.25) is 9.69 Å². The normalized spacial score (nSPS) is 17.9. The van der Waals surface area contributed by atoms with Gasteiger partial charge in [-0.25, -0.2) is 0 Å². The molecule has 1 saturated heterocycles. The summed E-state index contributed by atoms with van der Waals surface area (Å²) in [5, 5.41) is 0.808. The number of rotatable bonds is 5. The molecule has 166 valence electrons. The lowest BCUT2D eigenvalue weighted by Gasteiger charge is -2.35. The first kappa shape index (κ1) is 21.5. The Morgan fingerprint density at radius 3 is 2.30 bits per heavy atom. The van der Waals surface area contributed by atoms with Crippen molar-refractivity contribution >= 4 is 28.9 Å². The first-order chi connectivity index (χ1) is 16.2. The second-order valence-corrected chi connectivity index (χ2v) is 9.06. The van der Waals surface area contributed by atoms with Gasteiger partial charge in [0.15, 0.2) is 5.17 Å². The summed E-state index contributed by atoms with van der Waals surface area (Å²) in [6.45, 7) is 4.63. The van der Waals surface area contributed by atoms with E-state index in [1.807, 2.05) is 66.7 Å². The van der Waals surface area contributed by atoms with Crippen molar-refractivity contribution in [2.75, 3.05) is 26.2 Å². The van der Waals surface area contributed by atoms with Gasteiger partial charge in [-0.15, -0.1) is 0 Å². The van der Waals surface area contributed by atoms with E-state index in [9.17, 15) is 4.79 Å². The lowest BCUT2D eigenvalue weighted by molar-refractivity contribution is -0.113. The van der Waals surface area contributed by atoms with E-state index in [-0.39, 0.29) is 5.91 Å². The van der Waals surface area contributed by atoms with Gasteiger partial charge in [0.2, 0.25) is 0 Å². The van der Waals surface area contributed by atoms with Crippen LogP contribution in [-0.2, 0) is 11.3 Å². The molecule has 2 heterocycles. The van der Waals surface area contributed by atoms with Crippen molar-refractivity contribution in [3.63, 3.8) is 0 Å². The highest BCUT2D eigenvalue weighted by atomic mass is 32.2. The number of piperazine rings is 1. The number of para-hydroxylation sites is 1. The third-order valence-corrected chi connectivity index (χ3v) is 6.68. The summed E-state index contributed by atoms with van der Waals surface area (Å²) in [5.41, 5.74) is 2.25. The van der Waals surface area contributed by atoms with Crippen LogP contribution in [0, 0.1) is 0 Å². The fourth-order valence-corrected chi connectivity index (χ4v) is 4.88. The Labute approximate surface area is 198 Å². The maximum atomic E-state index is 12.6. The van der Waals surface area contributed by atoms with Crippen LogP contribution in [0.1, 0.15) is 11.1 Å². The number of hydrogen-bond acceptors (Lipinski definition) is 5. The lowest BCUT2D eigenvalue weighted by atomic mass is 10.2. The van der Waals surface area contributed by atoms with Gasteiger partial charge in [0.05, 0.1) is 4.91 Å². The molecule has 2 aliphatic rings.